The molecule has 0 aliphatic carbocycles. The van der Waals surface area contributed by atoms with E-state index >= 15 is 0 Å². The second kappa shape index (κ2) is 5.08. The van der Waals surface area contributed by atoms with Gasteiger partial charge in [0.2, 0.25) is 10.0 Å². The first-order valence-electron chi connectivity index (χ1n) is 6.68. The number of nitrogens with two attached hydrogens (primary N) is 1. The minimum Gasteiger partial charge on any atom is -0.480 e. The van der Waals surface area contributed by atoms with Crippen molar-refractivity contribution in [2.45, 2.75) is 37.6 Å². The van der Waals surface area contributed by atoms with Gasteiger partial charge in [0.15, 0.2) is 0 Å². The molecule has 1 aromatic rings. The first kappa shape index (κ1) is 15.9. The Morgan fingerprint density at radius 2 is 1.81 bits per heavy atom. The number of carboxylic acids is 1. The summed E-state index contributed by atoms with van der Waals surface area (Å²) in [7, 11) is -3.73. The third-order valence-electron chi connectivity index (χ3n) is 3.89. The van der Waals surface area contributed by atoms with Crippen LogP contribution in [0.4, 0.5) is 0 Å². The van der Waals surface area contributed by atoms with E-state index in [4.69, 9.17) is 10.8 Å². The van der Waals surface area contributed by atoms with Gasteiger partial charge in [-0.15, -0.1) is 0 Å². The first-order chi connectivity index (χ1) is 9.58. The fourth-order valence-corrected chi connectivity index (χ4v) is 4.80. The molecule has 0 spiro atoms. The van der Waals surface area contributed by atoms with Gasteiger partial charge in [-0.1, -0.05) is 17.7 Å². The summed E-state index contributed by atoms with van der Waals surface area (Å²) in [6, 6.07) is 3.62. The summed E-state index contributed by atoms with van der Waals surface area (Å²) in [6.07, 6.45) is 0.117. The zero-order chi connectivity index (χ0) is 16.0. The van der Waals surface area contributed by atoms with Crippen LogP contribution in [-0.4, -0.2) is 42.4 Å². The number of rotatable bonds is 3. The van der Waals surface area contributed by atoms with Crippen LogP contribution in [0.5, 0.6) is 0 Å². The van der Waals surface area contributed by atoms with Gasteiger partial charge in [-0.05, 0) is 38.3 Å². The van der Waals surface area contributed by atoms with E-state index in [1.54, 1.807) is 13.8 Å². The normalized spacial score (nSPS) is 23.4. The molecular weight excluding hydrogens is 292 g/mol. The molecule has 1 unspecified atom stereocenters. The van der Waals surface area contributed by atoms with E-state index in [0.29, 0.717) is 11.1 Å². The lowest BCUT2D eigenvalue weighted by molar-refractivity contribution is -0.142. The van der Waals surface area contributed by atoms with Crippen LogP contribution < -0.4 is 5.73 Å². The average Bonchev–Trinajstić information content (AvgIpc) is 2.72. The molecule has 1 saturated heterocycles. The molecule has 1 aliphatic rings. The quantitative estimate of drug-likeness (QED) is 0.859. The summed E-state index contributed by atoms with van der Waals surface area (Å²) in [5.74, 6) is -1.17. The largest absolute Gasteiger partial charge is 0.480 e. The fourth-order valence-electron chi connectivity index (χ4n) is 2.88. The van der Waals surface area contributed by atoms with Crippen molar-refractivity contribution in [3.05, 3.63) is 28.8 Å². The van der Waals surface area contributed by atoms with Crippen molar-refractivity contribution >= 4 is 16.0 Å². The van der Waals surface area contributed by atoms with Crippen molar-refractivity contribution in [2.75, 3.05) is 13.1 Å². The Morgan fingerprint density at radius 3 is 2.24 bits per heavy atom. The molecule has 1 aromatic carbocycles. The Labute approximate surface area is 124 Å². The van der Waals surface area contributed by atoms with Crippen molar-refractivity contribution in [1.82, 2.24) is 4.31 Å². The smallest absolute Gasteiger partial charge is 0.325 e. The zero-order valence-electron chi connectivity index (χ0n) is 12.4. The molecule has 1 atom stereocenters. The van der Waals surface area contributed by atoms with Crippen LogP contribution in [0, 0.1) is 20.8 Å². The van der Waals surface area contributed by atoms with Gasteiger partial charge < -0.3 is 10.8 Å². The Morgan fingerprint density at radius 1 is 1.29 bits per heavy atom. The summed E-state index contributed by atoms with van der Waals surface area (Å²) in [6.45, 7) is 5.32. The molecule has 0 radical (unpaired) electrons. The van der Waals surface area contributed by atoms with Crippen molar-refractivity contribution in [1.29, 1.82) is 0 Å². The van der Waals surface area contributed by atoms with Gasteiger partial charge in [-0.2, -0.15) is 4.31 Å². The number of hydrogen-bond donors (Lipinski definition) is 2. The van der Waals surface area contributed by atoms with Crippen molar-refractivity contribution in [2.24, 2.45) is 5.73 Å². The Balaban J connectivity index is 2.44. The van der Waals surface area contributed by atoms with Crippen LogP contribution in [0.2, 0.25) is 0 Å². The van der Waals surface area contributed by atoms with E-state index in [-0.39, 0.29) is 24.4 Å². The lowest BCUT2D eigenvalue weighted by Crippen LogP contribution is -2.50. The van der Waals surface area contributed by atoms with Crippen molar-refractivity contribution in [3.8, 4) is 0 Å². The SMILES string of the molecule is Cc1cc(C)c(S(=O)(=O)N2CCC(N)(C(=O)O)C2)c(C)c1. The summed E-state index contributed by atoms with van der Waals surface area (Å²) in [5.41, 5.74) is 6.58. The maximum absolute atomic E-state index is 12.8. The Hall–Kier alpha value is -1.44. The molecule has 6 nitrogen and oxygen atoms in total. The maximum Gasteiger partial charge on any atom is 0.325 e. The van der Waals surface area contributed by atoms with Gasteiger partial charge in [-0.25, -0.2) is 8.42 Å². The van der Waals surface area contributed by atoms with Crippen LogP contribution in [0.1, 0.15) is 23.1 Å². The molecule has 1 aliphatic heterocycles. The number of aryl methyl sites for hydroxylation is 3. The highest BCUT2D eigenvalue weighted by Gasteiger charge is 2.46. The molecule has 1 fully saturated rings. The van der Waals surface area contributed by atoms with E-state index in [2.05, 4.69) is 0 Å². The Kier molecular flexibility index (Phi) is 3.86. The standard InChI is InChI=1S/C14H20N2O4S/c1-9-6-10(2)12(11(3)7-9)21(19,20)16-5-4-14(15,8-16)13(17)18/h6-7H,4-5,8,15H2,1-3H3,(H,17,18). The molecule has 7 heteroatoms. The Bertz CT molecular complexity index is 676. The molecule has 21 heavy (non-hydrogen) atoms. The number of benzene rings is 1. The molecule has 0 aromatic heterocycles. The van der Waals surface area contributed by atoms with Crippen molar-refractivity contribution < 1.29 is 18.3 Å². The molecule has 0 bridgehead atoms. The van der Waals surface area contributed by atoms with Gasteiger partial charge in [0.25, 0.3) is 0 Å². The van der Waals surface area contributed by atoms with Crippen LogP contribution in [0.3, 0.4) is 0 Å². The van der Waals surface area contributed by atoms with E-state index in [0.717, 1.165) is 5.56 Å². The molecule has 3 N–H and O–H groups in total. The number of carbonyl (C=O) groups is 1. The second-order valence-electron chi connectivity index (χ2n) is 5.78. The summed E-state index contributed by atoms with van der Waals surface area (Å²) in [4.78, 5) is 11.4. The molecule has 116 valence electrons. The molecule has 0 saturated carbocycles. The summed E-state index contributed by atoms with van der Waals surface area (Å²) >= 11 is 0. The predicted octanol–water partition coefficient (Wildman–Crippen LogP) is 0.788. The number of sulfonamides is 1. The third-order valence-corrected chi connectivity index (χ3v) is 6.05. The van der Waals surface area contributed by atoms with Crippen LogP contribution >= 0.6 is 0 Å². The summed E-state index contributed by atoms with van der Waals surface area (Å²) in [5, 5.41) is 9.13. The molecular formula is C14H20N2O4S. The van der Waals surface area contributed by atoms with E-state index < -0.39 is 21.5 Å². The van der Waals surface area contributed by atoms with Crippen LogP contribution in [-0.2, 0) is 14.8 Å². The van der Waals surface area contributed by atoms with Gasteiger partial charge in [0, 0.05) is 13.1 Å². The highest BCUT2D eigenvalue weighted by atomic mass is 32.2. The third kappa shape index (κ3) is 2.68. The lowest BCUT2D eigenvalue weighted by Gasteiger charge is -2.22. The van der Waals surface area contributed by atoms with Gasteiger partial charge >= 0.3 is 5.97 Å². The van der Waals surface area contributed by atoms with E-state index in [1.807, 2.05) is 19.1 Å². The number of hydrogen-bond acceptors (Lipinski definition) is 4. The average molecular weight is 312 g/mol. The first-order valence-corrected chi connectivity index (χ1v) is 8.12. The number of aliphatic carboxylic acids is 1. The topological polar surface area (TPSA) is 101 Å². The lowest BCUT2D eigenvalue weighted by atomic mass is 10.0. The predicted molar refractivity (Wildman–Crippen MR) is 78.6 cm³/mol. The van der Waals surface area contributed by atoms with Crippen molar-refractivity contribution in [3.63, 3.8) is 0 Å². The van der Waals surface area contributed by atoms with E-state index in [1.165, 1.54) is 4.31 Å². The second-order valence-corrected chi connectivity index (χ2v) is 7.65. The zero-order valence-corrected chi connectivity index (χ0v) is 13.2. The molecule has 1 heterocycles. The fraction of sp³-hybridized carbons (Fsp3) is 0.500. The van der Waals surface area contributed by atoms with Crippen LogP contribution in [0.25, 0.3) is 0 Å². The van der Waals surface area contributed by atoms with Gasteiger partial charge in [-0.3, -0.25) is 4.79 Å². The van der Waals surface area contributed by atoms with Gasteiger partial charge in [0.1, 0.15) is 5.54 Å². The monoisotopic (exact) mass is 312 g/mol. The van der Waals surface area contributed by atoms with Crippen LogP contribution in [0.15, 0.2) is 17.0 Å². The minimum absolute atomic E-state index is 0.117. The van der Waals surface area contributed by atoms with Gasteiger partial charge in [0.05, 0.1) is 4.90 Å². The minimum atomic E-state index is -3.73. The molecule has 0 amide bonds. The van der Waals surface area contributed by atoms with E-state index in [9.17, 15) is 13.2 Å². The number of nitrogens with zero attached hydrogens (tertiary/aromatic N) is 1. The highest BCUT2D eigenvalue weighted by Crippen LogP contribution is 2.30. The highest BCUT2D eigenvalue weighted by molar-refractivity contribution is 7.89. The maximum atomic E-state index is 12.8. The molecule has 2 rings (SSSR count). The number of carboxylic acid groups (broad SMARTS) is 1. The summed E-state index contributed by atoms with van der Waals surface area (Å²) < 4.78 is 26.7.